The van der Waals surface area contributed by atoms with E-state index >= 15 is 0 Å². The fourth-order valence-corrected chi connectivity index (χ4v) is 2.56. The van der Waals surface area contributed by atoms with Crippen LogP contribution in [0.25, 0.3) is 11.3 Å². The molecule has 4 nitrogen and oxygen atoms in total. The highest BCUT2D eigenvalue weighted by Gasteiger charge is 2.13. The Morgan fingerprint density at radius 3 is 2.50 bits per heavy atom. The largest absolute Gasteiger partial charge is 0.308 e. The normalized spacial score (nSPS) is 10.7. The Morgan fingerprint density at radius 1 is 1.04 bits per heavy atom. The first-order valence-electron chi connectivity index (χ1n) is 7.82. The Labute approximate surface area is 146 Å². The molecule has 2 aromatic carbocycles. The third-order valence-electron chi connectivity index (χ3n) is 3.59. The smallest absolute Gasteiger partial charge is 0.117 e. The summed E-state index contributed by atoms with van der Waals surface area (Å²) in [4.78, 5) is 1.73. The molecule has 0 amide bonds. The molecule has 3 rings (SSSR count). The highest BCUT2D eigenvalue weighted by Crippen LogP contribution is 2.20. The van der Waals surface area contributed by atoms with E-state index in [1.165, 1.54) is 0 Å². The number of hydrogen-bond acceptors (Lipinski definition) is 3. The van der Waals surface area contributed by atoms with E-state index in [9.17, 15) is 0 Å². The lowest BCUT2D eigenvalue weighted by Crippen LogP contribution is -2.14. The molecule has 0 bridgehead atoms. The zero-order chi connectivity index (χ0) is 16.8. The van der Waals surface area contributed by atoms with E-state index in [2.05, 4.69) is 22.1 Å². The van der Waals surface area contributed by atoms with Crippen LogP contribution in [-0.2, 0) is 13.1 Å². The van der Waals surface area contributed by atoms with Crippen molar-refractivity contribution in [1.82, 2.24) is 20.3 Å². The zero-order valence-electron chi connectivity index (χ0n) is 13.3. The van der Waals surface area contributed by atoms with Gasteiger partial charge in [0.25, 0.3) is 0 Å². The molecule has 0 radical (unpaired) electrons. The number of benzene rings is 2. The van der Waals surface area contributed by atoms with Crippen LogP contribution >= 0.6 is 11.6 Å². The number of nitrogens with one attached hydrogen (secondary N) is 1. The van der Waals surface area contributed by atoms with Crippen LogP contribution in [0, 0.1) is 0 Å². The van der Waals surface area contributed by atoms with Gasteiger partial charge < -0.3 is 5.32 Å². The highest BCUT2D eigenvalue weighted by atomic mass is 35.5. The van der Waals surface area contributed by atoms with Crippen LogP contribution in [-0.4, -0.2) is 21.5 Å². The van der Waals surface area contributed by atoms with Crippen LogP contribution in [0.3, 0.4) is 0 Å². The van der Waals surface area contributed by atoms with Crippen LogP contribution < -0.4 is 5.32 Å². The fraction of sp³-hybridized carbons (Fsp3) is 0.158. The van der Waals surface area contributed by atoms with Crippen molar-refractivity contribution < 1.29 is 0 Å². The lowest BCUT2D eigenvalue weighted by molar-refractivity contribution is 0.580. The quantitative estimate of drug-likeness (QED) is 0.524. The average molecular weight is 339 g/mol. The van der Waals surface area contributed by atoms with Crippen molar-refractivity contribution in [2.75, 3.05) is 6.54 Å². The van der Waals surface area contributed by atoms with Gasteiger partial charge in [-0.05, 0) is 17.7 Å². The molecular weight excluding hydrogens is 320 g/mol. The van der Waals surface area contributed by atoms with Gasteiger partial charge in [-0.3, -0.25) is 0 Å². The second-order valence-corrected chi connectivity index (χ2v) is 5.87. The minimum atomic E-state index is 0.610. The van der Waals surface area contributed by atoms with E-state index in [0.29, 0.717) is 13.1 Å². The molecule has 0 aliphatic carbocycles. The first kappa shape index (κ1) is 16.4. The Morgan fingerprint density at radius 2 is 1.79 bits per heavy atom. The van der Waals surface area contributed by atoms with Crippen LogP contribution in [0.1, 0.15) is 11.3 Å². The van der Waals surface area contributed by atoms with Gasteiger partial charge in [0, 0.05) is 23.7 Å². The summed E-state index contributed by atoms with van der Waals surface area (Å²) in [5.41, 5.74) is 4.01. The summed E-state index contributed by atoms with van der Waals surface area (Å²) in [5.74, 6) is 0. The first-order chi connectivity index (χ1) is 11.8. The number of halogens is 1. The molecule has 0 fully saturated rings. The standard InChI is InChI=1S/C19H19ClN4/c1-2-12-21-13-18-19(16-6-4-3-5-7-16)23-24(22-18)14-15-8-10-17(20)11-9-15/h2-11,21H,1,12-14H2. The van der Waals surface area contributed by atoms with Crippen molar-refractivity contribution >= 4 is 11.6 Å². The lowest BCUT2D eigenvalue weighted by atomic mass is 10.1. The van der Waals surface area contributed by atoms with Crippen molar-refractivity contribution in [3.8, 4) is 11.3 Å². The maximum absolute atomic E-state index is 5.94. The van der Waals surface area contributed by atoms with Crippen LogP contribution in [0.5, 0.6) is 0 Å². The van der Waals surface area contributed by atoms with E-state index in [1.807, 2.05) is 60.7 Å². The molecule has 0 atom stereocenters. The van der Waals surface area contributed by atoms with E-state index in [4.69, 9.17) is 11.6 Å². The number of rotatable bonds is 7. The Hall–Kier alpha value is -2.43. The monoisotopic (exact) mass is 338 g/mol. The van der Waals surface area contributed by atoms with Crippen LogP contribution in [0.15, 0.2) is 67.3 Å². The molecule has 24 heavy (non-hydrogen) atoms. The van der Waals surface area contributed by atoms with Gasteiger partial charge >= 0.3 is 0 Å². The van der Waals surface area contributed by atoms with Gasteiger partial charge in [-0.25, -0.2) is 0 Å². The van der Waals surface area contributed by atoms with Crippen molar-refractivity contribution in [3.05, 3.63) is 83.5 Å². The Balaban J connectivity index is 1.87. The summed E-state index contributed by atoms with van der Waals surface area (Å²) in [5, 5.41) is 13.4. The van der Waals surface area contributed by atoms with Gasteiger partial charge in [0.15, 0.2) is 0 Å². The van der Waals surface area contributed by atoms with E-state index in [-0.39, 0.29) is 0 Å². The number of hydrogen-bond donors (Lipinski definition) is 1. The third-order valence-corrected chi connectivity index (χ3v) is 3.84. The summed E-state index contributed by atoms with van der Waals surface area (Å²) < 4.78 is 0. The summed E-state index contributed by atoms with van der Waals surface area (Å²) in [6.45, 7) is 5.72. The molecule has 0 unspecified atom stereocenters. The summed E-state index contributed by atoms with van der Waals surface area (Å²) >= 11 is 5.94. The summed E-state index contributed by atoms with van der Waals surface area (Å²) in [7, 11) is 0. The molecule has 5 heteroatoms. The molecule has 0 saturated carbocycles. The topological polar surface area (TPSA) is 42.7 Å². The Kier molecular flexibility index (Phi) is 5.41. The third kappa shape index (κ3) is 4.10. The predicted molar refractivity (Wildman–Crippen MR) is 97.9 cm³/mol. The molecule has 1 heterocycles. The van der Waals surface area contributed by atoms with Crippen molar-refractivity contribution in [2.45, 2.75) is 13.1 Å². The predicted octanol–water partition coefficient (Wildman–Crippen LogP) is 3.92. The van der Waals surface area contributed by atoms with E-state index in [0.717, 1.165) is 34.1 Å². The molecule has 0 saturated heterocycles. The summed E-state index contributed by atoms with van der Waals surface area (Å²) in [6, 6.07) is 17.9. The molecule has 122 valence electrons. The average Bonchev–Trinajstić information content (AvgIpc) is 3.01. The van der Waals surface area contributed by atoms with Crippen molar-refractivity contribution in [2.24, 2.45) is 0 Å². The van der Waals surface area contributed by atoms with Gasteiger partial charge in [0.2, 0.25) is 0 Å². The second-order valence-electron chi connectivity index (χ2n) is 5.44. The molecule has 1 aromatic heterocycles. The van der Waals surface area contributed by atoms with Crippen LogP contribution in [0.2, 0.25) is 5.02 Å². The van der Waals surface area contributed by atoms with E-state index in [1.54, 1.807) is 4.80 Å². The fourth-order valence-electron chi connectivity index (χ4n) is 2.44. The van der Waals surface area contributed by atoms with Gasteiger partial charge in [0.05, 0.1) is 6.54 Å². The molecule has 0 aliphatic rings. The lowest BCUT2D eigenvalue weighted by Gasteiger charge is -2.01. The molecular formula is C19H19ClN4. The summed E-state index contributed by atoms with van der Waals surface area (Å²) in [6.07, 6.45) is 1.83. The van der Waals surface area contributed by atoms with Crippen molar-refractivity contribution in [1.29, 1.82) is 0 Å². The van der Waals surface area contributed by atoms with Crippen molar-refractivity contribution in [3.63, 3.8) is 0 Å². The van der Waals surface area contributed by atoms with Gasteiger partial charge in [-0.2, -0.15) is 15.0 Å². The maximum Gasteiger partial charge on any atom is 0.117 e. The van der Waals surface area contributed by atoms with Crippen LogP contribution in [0.4, 0.5) is 0 Å². The zero-order valence-corrected chi connectivity index (χ0v) is 14.1. The minimum Gasteiger partial charge on any atom is -0.308 e. The van der Waals surface area contributed by atoms with Gasteiger partial charge in [-0.15, -0.1) is 6.58 Å². The Bertz CT molecular complexity index is 794. The minimum absolute atomic E-state index is 0.610. The maximum atomic E-state index is 5.94. The second kappa shape index (κ2) is 7.90. The molecule has 1 N–H and O–H groups in total. The SMILES string of the molecule is C=CCNCc1nn(Cc2ccc(Cl)cc2)nc1-c1ccccc1. The van der Waals surface area contributed by atoms with E-state index < -0.39 is 0 Å². The molecule has 3 aromatic rings. The molecule has 0 aliphatic heterocycles. The first-order valence-corrected chi connectivity index (χ1v) is 8.19. The highest BCUT2D eigenvalue weighted by molar-refractivity contribution is 6.30. The number of nitrogens with zero attached hydrogens (tertiary/aromatic N) is 3. The molecule has 0 spiro atoms. The van der Waals surface area contributed by atoms with Gasteiger partial charge in [0.1, 0.15) is 11.4 Å². The number of aromatic nitrogens is 3. The van der Waals surface area contributed by atoms with Gasteiger partial charge in [-0.1, -0.05) is 60.1 Å².